The summed E-state index contributed by atoms with van der Waals surface area (Å²) in [7, 11) is 0.517. The molecule has 0 aliphatic rings. The second-order valence-corrected chi connectivity index (χ2v) is 7.35. The van der Waals surface area contributed by atoms with E-state index in [0.717, 1.165) is 15.9 Å². The molecule has 1 N–H and O–H groups in total. The number of carbonyl (C=O) groups is 1. The molecule has 0 aliphatic carbocycles. The molecule has 0 spiro atoms. The van der Waals surface area contributed by atoms with Crippen molar-refractivity contribution in [2.24, 2.45) is 0 Å². The minimum atomic E-state index is -0.982. The molecule has 0 saturated carbocycles. The zero-order chi connectivity index (χ0) is 16.9. The number of aromatic carboxylic acids is 1. The van der Waals surface area contributed by atoms with Gasteiger partial charge in [-0.05, 0) is 24.6 Å². The van der Waals surface area contributed by atoms with E-state index < -0.39 is 13.9 Å². The van der Waals surface area contributed by atoms with Crippen LogP contribution in [0.5, 0.6) is 5.75 Å². The smallest absolute Gasteiger partial charge is 1.00 e. The predicted molar refractivity (Wildman–Crippen MR) is 99.8 cm³/mol. The number of hydrogen-bond donors (Lipinski definition) is 1. The summed E-state index contributed by atoms with van der Waals surface area (Å²) in [6.07, 6.45) is 0. The van der Waals surface area contributed by atoms with Gasteiger partial charge in [-0.1, -0.05) is 72.8 Å². The maximum Gasteiger partial charge on any atom is 1.00 e. The van der Waals surface area contributed by atoms with E-state index in [2.05, 4.69) is 0 Å². The summed E-state index contributed by atoms with van der Waals surface area (Å²) in [5, 5.41) is 12.7. The van der Waals surface area contributed by atoms with Crippen LogP contribution < -0.4 is 50.2 Å². The molecule has 5 heteroatoms. The summed E-state index contributed by atoms with van der Waals surface area (Å²) < 4.78 is 5.30. The van der Waals surface area contributed by atoms with E-state index in [-0.39, 0.29) is 36.5 Å². The summed E-state index contributed by atoms with van der Waals surface area (Å²) in [6, 6.07) is 25.5. The van der Waals surface area contributed by atoms with Gasteiger partial charge in [-0.3, -0.25) is 0 Å². The summed E-state index contributed by atoms with van der Waals surface area (Å²) in [6.45, 7) is 0. The van der Waals surface area contributed by atoms with Crippen molar-refractivity contribution in [3.63, 3.8) is 0 Å². The number of carboxylic acid groups (broad SMARTS) is 1. The zero-order valence-corrected chi connectivity index (χ0v) is 17.1. The molecule has 0 atom stereocenters. The average molecular weight is 360 g/mol. The van der Waals surface area contributed by atoms with Crippen LogP contribution in [0.2, 0.25) is 0 Å². The van der Waals surface area contributed by atoms with Gasteiger partial charge in [0.2, 0.25) is 0 Å². The molecular weight excluding hydrogens is 342 g/mol. The second-order valence-electron chi connectivity index (χ2n) is 5.17. The fourth-order valence-corrected chi connectivity index (χ4v) is 5.13. The molecule has 0 aliphatic heterocycles. The number of ether oxygens (including phenoxy) is 1. The number of carboxylic acids is 1. The van der Waals surface area contributed by atoms with Gasteiger partial charge in [0.15, 0.2) is 0 Å². The topological polar surface area (TPSA) is 46.5 Å². The number of rotatable bonds is 5. The van der Waals surface area contributed by atoms with E-state index in [1.165, 1.54) is 7.11 Å². The largest absolute Gasteiger partial charge is 1.00 e. The molecule has 3 aromatic rings. The molecular formula is C20H18NaO3P. The molecule has 0 bridgehead atoms. The van der Waals surface area contributed by atoms with Crippen molar-refractivity contribution in [2.45, 2.75) is 0 Å². The Balaban J connectivity index is 0.00000169. The minimum absolute atomic E-state index is 0. The van der Waals surface area contributed by atoms with E-state index in [9.17, 15) is 9.90 Å². The standard InChI is InChI=1S/C20H17O3P.Na.H/c1-23-17-13-8-14-18(19(17)20(21)22)24(15-9-4-2-5-10-15)16-11-6-3-7-12-16;;/h2-14H,1H3,(H,21,22);;/q;+1;-1. The summed E-state index contributed by atoms with van der Waals surface area (Å²) in [4.78, 5) is 11.9. The fourth-order valence-electron chi connectivity index (χ4n) is 2.67. The third-order valence-electron chi connectivity index (χ3n) is 3.71. The normalized spacial score (nSPS) is 10.2. The van der Waals surface area contributed by atoms with Crippen molar-refractivity contribution in [2.75, 3.05) is 7.11 Å². The second kappa shape index (κ2) is 9.17. The minimum Gasteiger partial charge on any atom is -1.00 e. The van der Waals surface area contributed by atoms with Crippen LogP contribution in [0.3, 0.4) is 0 Å². The van der Waals surface area contributed by atoms with Crippen LogP contribution in [-0.2, 0) is 0 Å². The third kappa shape index (κ3) is 4.31. The van der Waals surface area contributed by atoms with Gasteiger partial charge in [0, 0.05) is 5.30 Å². The summed E-state index contributed by atoms with van der Waals surface area (Å²) in [5.74, 6) is -0.582. The van der Waals surface area contributed by atoms with Crippen molar-refractivity contribution in [3.05, 3.63) is 84.4 Å². The van der Waals surface area contributed by atoms with Gasteiger partial charge < -0.3 is 11.3 Å². The Bertz CT molecular complexity index is 805. The molecule has 0 saturated heterocycles. The molecule has 0 unspecified atom stereocenters. The molecule has 25 heavy (non-hydrogen) atoms. The van der Waals surface area contributed by atoms with Gasteiger partial charge in [-0.15, -0.1) is 0 Å². The number of methoxy groups -OCH3 is 1. The van der Waals surface area contributed by atoms with Crippen molar-refractivity contribution in [1.82, 2.24) is 0 Å². The van der Waals surface area contributed by atoms with Gasteiger partial charge in [0.25, 0.3) is 0 Å². The fraction of sp³-hybridized carbons (Fsp3) is 0.0500. The Labute approximate surface area is 172 Å². The quantitative estimate of drug-likeness (QED) is 0.525. The molecule has 0 aromatic heterocycles. The van der Waals surface area contributed by atoms with Crippen molar-refractivity contribution < 1.29 is 45.6 Å². The molecule has 3 aromatic carbocycles. The number of benzene rings is 3. The molecule has 0 amide bonds. The Hall–Kier alpha value is -1.64. The molecule has 0 fully saturated rings. The maximum absolute atomic E-state index is 11.9. The third-order valence-corrected chi connectivity index (χ3v) is 6.19. The van der Waals surface area contributed by atoms with Crippen molar-refractivity contribution in [3.8, 4) is 5.75 Å². The zero-order valence-electron chi connectivity index (χ0n) is 15.2. The first-order valence-corrected chi connectivity index (χ1v) is 8.87. The van der Waals surface area contributed by atoms with Crippen LogP contribution in [0.4, 0.5) is 0 Å². The van der Waals surface area contributed by atoms with E-state index >= 15 is 0 Å². The van der Waals surface area contributed by atoms with E-state index in [0.29, 0.717) is 5.75 Å². The first kappa shape index (κ1) is 19.7. The van der Waals surface area contributed by atoms with Crippen molar-refractivity contribution in [1.29, 1.82) is 0 Å². The van der Waals surface area contributed by atoms with Gasteiger partial charge in [0.1, 0.15) is 11.3 Å². The van der Waals surface area contributed by atoms with Gasteiger partial charge >= 0.3 is 35.5 Å². The van der Waals surface area contributed by atoms with Gasteiger partial charge in [-0.2, -0.15) is 0 Å². The first-order chi connectivity index (χ1) is 11.7. The maximum atomic E-state index is 11.9. The molecule has 3 rings (SSSR count). The van der Waals surface area contributed by atoms with Crippen LogP contribution in [0, 0.1) is 0 Å². The number of hydrogen-bond acceptors (Lipinski definition) is 2. The molecule has 122 valence electrons. The van der Waals surface area contributed by atoms with Gasteiger partial charge in [-0.25, -0.2) is 4.79 Å². The van der Waals surface area contributed by atoms with Gasteiger partial charge in [0.05, 0.1) is 7.11 Å². The van der Waals surface area contributed by atoms with E-state index in [4.69, 9.17) is 4.74 Å². The summed E-state index contributed by atoms with van der Waals surface area (Å²) >= 11 is 0. The van der Waals surface area contributed by atoms with Crippen LogP contribution in [0.15, 0.2) is 78.9 Å². The first-order valence-electron chi connectivity index (χ1n) is 7.53. The Morgan fingerprint density at radius 1 is 0.880 bits per heavy atom. The summed E-state index contributed by atoms with van der Waals surface area (Å²) in [5.41, 5.74) is 0.235. The van der Waals surface area contributed by atoms with Crippen molar-refractivity contribution >= 4 is 29.8 Å². The van der Waals surface area contributed by atoms with E-state index in [1.54, 1.807) is 6.07 Å². The molecule has 0 heterocycles. The van der Waals surface area contributed by atoms with Crippen LogP contribution in [-0.4, -0.2) is 18.2 Å². The Morgan fingerprint density at radius 2 is 1.40 bits per heavy atom. The SMILES string of the molecule is COc1cccc(P(c2ccccc2)c2ccccc2)c1C(=O)O.[H-].[Na+]. The Morgan fingerprint density at radius 3 is 1.84 bits per heavy atom. The van der Waals surface area contributed by atoms with Crippen LogP contribution >= 0.6 is 7.92 Å². The Kier molecular flexibility index (Phi) is 7.22. The molecule has 0 radical (unpaired) electrons. The van der Waals surface area contributed by atoms with Crippen LogP contribution in [0.1, 0.15) is 11.8 Å². The monoisotopic (exact) mass is 360 g/mol. The molecule has 3 nitrogen and oxygen atoms in total. The van der Waals surface area contributed by atoms with E-state index in [1.807, 2.05) is 72.8 Å². The predicted octanol–water partition coefficient (Wildman–Crippen LogP) is 0.268. The average Bonchev–Trinajstić information content (AvgIpc) is 2.63. The van der Waals surface area contributed by atoms with Crippen LogP contribution in [0.25, 0.3) is 0 Å².